The molecular formula is C11H19NO. The average molecular weight is 181 g/mol. The predicted molar refractivity (Wildman–Crippen MR) is 51.5 cm³/mol. The van der Waals surface area contributed by atoms with Crippen molar-refractivity contribution >= 4 is 0 Å². The molecule has 0 radical (unpaired) electrons. The highest BCUT2D eigenvalue weighted by atomic mass is 16.3. The Morgan fingerprint density at radius 2 is 1.46 bits per heavy atom. The molecule has 3 rings (SSSR count). The minimum absolute atomic E-state index is 0.364. The van der Waals surface area contributed by atoms with E-state index in [0.29, 0.717) is 12.1 Å². The number of hydrogen-bond donors (Lipinski definition) is 1. The van der Waals surface area contributed by atoms with Crippen LogP contribution in [0.3, 0.4) is 0 Å². The fraction of sp³-hybridized carbons (Fsp3) is 1.00. The molecule has 2 bridgehead atoms. The van der Waals surface area contributed by atoms with Crippen LogP contribution in [0.15, 0.2) is 0 Å². The Balaban J connectivity index is 1.80. The van der Waals surface area contributed by atoms with E-state index in [0.717, 1.165) is 18.9 Å². The van der Waals surface area contributed by atoms with Crippen molar-refractivity contribution in [2.75, 3.05) is 0 Å². The van der Waals surface area contributed by atoms with Gasteiger partial charge in [0.15, 0.2) is 0 Å². The maximum Gasteiger partial charge on any atom is 0.0649 e. The maximum absolute atomic E-state index is 10.0. The van der Waals surface area contributed by atoms with Crippen LogP contribution in [-0.4, -0.2) is 33.7 Å². The first-order valence-corrected chi connectivity index (χ1v) is 5.65. The van der Waals surface area contributed by atoms with Crippen molar-refractivity contribution < 1.29 is 5.11 Å². The maximum atomic E-state index is 10.0. The van der Waals surface area contributed by atoms with E-state index < -0.39 is 0 Å². The Hall–Kier alpha value is -0.0800. The summed E-state index contributed by atoms with van der Waals surface area (Å²) >= 11 is 0. The lowest BCUT2D eigenvalue weighted by Crippen LogP contribution is -2.50. The third kappa shape index (κ3) is 1.31. The highest BCUT2D eigenvalue weighted by molar-refractivity contribution is 5.05. The van der Waals surface area contributed by atoms with Crippen LogP contribution >= 0.6 is 0 Å². The van der Waals surface area contributed by atoms with Gasteiger partial charge in [-0.05, 0) is 45.4 Å². The molecule has 1 unspecified atom stereocenters. The van der Waals surface area contributed by atoms with Gasteiger partial charge in [0.2, 0.25) is 0 Å². The molecule has 0 aromatic heterocycles. The smallest absolute Gasteiger partial charge is 0.0649 e. The first kappa shape index (κ1) is 8.25. The first-order chi connectivity index (χ1) is 6.16. The Bertz CT molecular complexity index is 206. The Labute approximate surface area is 79.9 Å². The number of piperidine rings is 1. The molecule has 0 amide bonds. The zero-order valence-corrected chi connectivity index (χ0v) is 8.37. The van der Waals surface area contributed by atoms with E-state index in [1.54, 1.807) is 0 Å². The SMILES string of the molecule is CC1(O)C[C@H]2CC[C@@H](C1)N2C1CC1. The molecule has 2 heteroatoms. The zero-order valence-electron chi connectivity index (χ0n) is 8.37. The summed E-state index contributed by atoms with van der Waals surface area (Å²) < 4.78 is 0. The molecule has 2 aliphatic heterocycles. The molecule has 0 spiro atoms. The van der Waals surface area contributed by atoms with Crippen LogP contribution in [-0.2, 0) is 0 Å². The lowest BCUT2D eigenvalue weighted by molar-refractivity contribution is -0.0411. The van der Waals surface area contributed by atoms with Crippen LogP contribution in [0.2, 0.25) is 0 Å². The fourth-order valence-corrected chi connectivity index (χ4v) is 3.46. The largest absolute Gasteiger partial charge is 0.390 e. The number of aliphatic hydroxyl groups is 1. The van der Waals surface area contributed by atoms with Gasteiger partial charge in [-0.1, -0.05) is 0 Å². The van der Waals surface area contributed by atoms with E-state index in [9.17, 15) is 5.11 Å². The van der Waals surface area contributed by atoms with Gasteiger partial charge in [-0.25, -0.2) is 0 Å². The highest BCUT2D eigenvalue weighted by Crippen LogP contribution is 2.46. The Morgan fingerprint density at radius 1 is 1.00 bits per heavy atom. The number of rotatable bonds is 1. The third-order valence-corrected chi connectivity index (χ3v) is 4.00. The monoisotopic (exact) mass is 181 g/mol. The zero-order chi connectivity index (χ0) is 9.05. The number of fused-ring (bicyclic) bond motifs is 2. The van der Waals surface area contributed by atoms with Crippen molar-refractivity contribution in [3.8, 4) is 0 Å². The van der Waals surface area contributed by atoms with Crippen molar-refractivity contribution in [2.45, 2.75) is 69.2 Å². The number of nitrogens with zero attached hydrogens (tertiary/aromatic N) is 1. The molecule has 3 aliphatic rings. The molecule has 74 valence electrons. The normalized spacial score (nSPS) is 51.2. The van der Waals surface area contributed by atoms with Crippen LogP contribution in [0.1, 0.15) is 45.4 Å². The van der Waals surface area contributed by atoms with Crippen molar-refractivity contribution in [1.29, 1.82) is 0 Å². The van der Waals surface area contributed by atoms with Gasteiger partial charge in [-0.2, -0.15) is 0 Å². The van der Waals surface area contributed by atoms with Gasteiger partial charge in [-0.3, -0.25) is 4.90 Å². The van der Waals surface area contributed by atoms with Crippen molar-refractivity contribution in [2.24, 2.45) is 0 Å². The van der Waals surface area contributed by atoms with E-state index >= 15 is 0 Å². The summed E-state index contributed by atoms with van der Waals surface area (Å²) in [5.74, 6) is 0. The number of hydrogen-bond acceptors (Lipinski definition) is 2. The first-order valence-electron chi connectivity index (χ1n) is 5.65. The topological polar surface area (TPSA) is 23.5 Å². The second kappa shape index (κ2) is 2.48. The van der Waals surface area contributed by atoms with Gasteiger partial charge in [0.1, 0.15) is 0 Å². The van der Waals surface area contributed by atoms with Gasteiger partial charge < -0.3 is 5.11 Å². The average Bonchev–Trinajstić information content (AvgIpc) is 2.79. The van der Waals surface area contributed by atoms with E-state index in [1.807, 2.05) is 6.92 Å². The molecule has 3 atom stereocenters. The van der Waals surface area contributed by atoms with Crippen LogP contribution in [0.4, 0.5) is 0 Å². The van der Waals surface area contributed by atoms with Gasteiger partial charge in [-0.15, -0.1) is 0 Å². The molecular weight excluding hydrogens is 162 g/mol. The molecule has 1 aliphatic carbocycles. The summed E-state index contributed by atoms with van der Waals surface area (Å²) in [5, 5.41) is 10.0. The molecule has 2 heterocycles. The van der Waals surface area contributed by atoms with Crippen molar-refractivity contribution in [1.82, 2.24) is 4.90 Å². The standard InChI is InChI=1S/C11H19NO/c1-11(13)6-9-4-5-10(7-11)12(9)8-2-3-8/h8-10,13H,2-7H2,1H3/t9-,10+,11?. The minimum Gasteiger partial charge on any atom is -0.390 e. The second-order valence-electron chi connectivity index (χ2n) is 5.47. The third-order valence-electron chi connectivity index (χ3n) is 4.00. The summed E-state index contributed by atoms with van der Waals surface area (Å²) in [6.45, 7) is 2.02. The van der Waals surface area contributed by atoms with Crippen molar-refractivity contribution in [3.05, 3.63) is 0 Å². The molecule has 3 fully saturated rings. The highest BCUT2D eigenvalue weighted by Gasteiger charge is 2.49. The summed E-state index contributed by atoms with van der Waals surface area (Å²) in [7, 11) is 0. The quantitative estimate of drug-likeness (QED) is 0.663. The second-order valence-corrected chi connectivity index (χ2v) is 5.47. The van der Waals surface area contributed by atoms with Gasteiger partial charge in [0, 0.05) is 18.1 Å². The molecule has 13 heavy (non-hydrogen) atoms. The molecule has 1 saturated carbocycles. The lowest BCUT2D eigenvalue weighted by atomic mass is 9.88. The Morgan fingerprint density at radius 3 is 1.92 bits per heavy atom. The molecule has 1 N–H and O–H groups in total. The van der Waals surface area contributed by atoms with E-state index in [1.165, 1.54) is 25.7 Å². The molecule has 0 aromatic carbocycles. The van der Waals surface area contributed by atoms with E-state index in [2.05, 4.69) is 4.90 Å². The molecule has 0 aromatic rings. The lowest BCUT2D eigenvalue weighted by Gasteiger charge is -2.42. The van der Waals surface area contributed by atoms with Crippen LogP contribution in [0.25, 0.3) is 0 Å². The van der Waals surface area contributed by atoms with Gasteiger partial charge in [0.05, 0.1) is 5.60 Å². The van der Waals surface area contributed by atoms with Gasteiger partial charge >= 0.3 is 0 Å². The summed E-state index contributed by atoms with van der Waals surface area (Å²) in [6, 6.07) is 2.32. The summed E-state index contributed by atoms with van der Waals surface area (Å²) in [5.41, 5.74) is -0.364. The molecule has 2 nitrogen and oxygen atoms in total. The van der Waals surface area contributed by atoms with Gasteiger partial charge in [0.25, 0.3) is 0 Å². The van der Waals surface area contributed by atoms with E-state index in [4.69, 9.17) is 0 Å². The van der Waals surface area contributed by atoms with E-state index in [-0.39, 0.29) is 5.60 Å². The van der Waals surface area contributed by atoms with Crippen molar-refractivity contribution in [3.63, 3.8) is 0 Å². The predicted octanol–water partition coefficient (Wildman–Crippen LogP) is 1.53. The summed E-state index contributed by atoms with van der Waals surface area (Å²) in [4.78, 5) is 2.72. The van der Waals surface area contributed by atoms with Crippen LogP contribution < -0.4 is 0 Å². The van der Waals surface area contributed by atoms with Crippen LogP contribution in [0, 0.1) is 0 Å². The molecule has 2 saturated heterocycles. The summed E-state index contributed by atoms with van der Waals surface area (Å²) in [6.07, 6.45) is 7.51. The fourth-order valence-electron chi connectivity index (χ4n) is 3.46. The minimum atomic E-state index is -0.364. The van der Waals surface area contributed by atoms with Crippen LogP contribution in [0.5, 0.6) is 0 Å². The Kier molecular flexibility index (Phi) is 1.58.